The van der Waals surface area contributed by atoms with Gasteiger partial charge in [0, 0.05) is 5.54 Å². The van der Waals surface area contributed by atoms with Gasteiger partial charge >= 0.3 is 0 Å². The second-order valence-corrected chi connectivity index (χ2v) is 7.96. The first-order chi connectivity index (χ1) is 9.30. The Morgan fingerprint density at radius 2 is 1.85 bits per heavy atom. The van der Waals surface area contributed by atoms with E-state index >= 15 is 0 Å². The van der Waals surface area contributed by atoms with Crippen LogP contribution >= 0.6 is 0 Å². The Bertz CT molecular complexity index is 443. The average Bonchev–Trinajstić information content (AvgIpc) is 2.54. The summed E-state index contributed by atoms with van der Waals surface area (Å²) in [6, 6.07) is 8.70. The molecule has 0 heterocycles. The number of hydrogen-bond donors (Lipinski definition) is 1. The lowest BCUT2D eigenvalue weighted by Crippen LogP contribution is -2.41. The van der Waals surface area contributed by atoms with Gasteiger partial charge in [-0.05, 0) is 61.5 Å². The standard InChI is InChI=1S/C19H31N/c1-15-8-5-6-9-16(15)14-19(20)12-7-10-17(11-13-19)18(2,3)4/h5-6,8-9,17H,7,10-14,20H2,1-4H3. The largest absolute Gasteiger partial charge is 0.325 e. The summed E-state index contributed by atoms with van der Waals surface area (Å²) in [5.41, 5.74) is 10.0. The van der Waals surface area contributed by atoms with E-state index in [0.717, 1.165) is 12.3 Å². The van der Waals surface area contributed by atoms with Crippen molar-refractivity contribution < 1.29 is 0 Å². The Hall–Kier alpha value is -0.820. The lowest BCUT2D eigenvalue weighted by Gasteiger charge is -2.32. The molecule has 0 amide bonds. The van der Waals surface area contributed by atoms with Crippen molar-refractivity contribution in [1.82, 2.24) is 0 Å². The molecule has 112 valence electrons. The van der Waals surface area contributed by atoms with Gasteiger partial charge in [0.05, 0.1) is 0 Å². The first-order valence-corrected chi connectivity index (χ1v) is 8.14. The summed E-state index contributed by atoms with van der Waals surface area (Å²) < 4.78 is 0. The predicted octanol–water partition coefficient (Wildman–Crippen LogP) is 4.86. The van der Waals surface area contributed by atoms with Crippen LogP contribution in [0.1, 0.15) is 64.0 Å². The normalized spacial score (nSPS) is 28.1. The average molecular weight is 273 g/mol. The molecule has 2 atom stereocenters. The minimum Gasteiger partial charge on any atom is -0.325 e. The summed E-state index contributed by atoms with van der Waals surface area (Å²) in [6.07, 6.45) is 7.29. The Labute approximate surface area is 125 Å². The third kappa shape index (κ3) is 3.85. The molecule has 0 saturated heterocycles. The molecule has 1 aliphatic rings. The van der Waals surface area contributed by atoms with Crippen molar-refractivity contribution in [1.29, 1.82) is 0 Å². The smallest absolute Gasteiger partial charge is 0.0195 e. The molecule has 0 radical (unpaired) electrons. The molecule has 0 spiro atoms. The topological polar surface area (TPSA) is 26.0 Å². The van der Waals surface area contributed by atoms with Gasteiger partial charge in [-0.25, -0.2) is 0 Å². The van der Waals surface area contributed by atoms with Crippen LogP contribution in [0.15, 0.2) is 24.3 Å². The Kier molecular flexibility index (Phi) is 4.59. The SMILES string of the molecule is Cc1ccccc1CC1(N)CCCC(C(C)(C)C)CC1. The first kappa shape index (κ1) is 15.6. The van der Waals surface area contributed by atoms with Gasteiger partial charge in [-0.2, -0.15) is 0 Å². The number of rotatable bonds is 2. The van der Waals surface area contributed by atoms with Crippen LogP contribution in [0.25, 0.3) is 0 Å². The van der Waals surface area contributed by atoms with Gasteiger partial charge in [-0.1, -0.05) is 51.5 Å². The third-order valence-electron chi connectivity index (χ3n) is 5.25. The zero-order chi connectivity index (χ0) is 14.8. The minimum absolute atomic E-state index is 0.00606. The third-order valence-corrected chi connectivity index (χ3v) is 5.25. The molecule has 1 saturated carbocycles. The summed E-state index contributed by atoms with van der Waals surface area (Å²) >= 11 is 0. The highest BCUT2D eigenvalue weighted by Crippen LogP contribution is 2.40. The molecule has 0 bridgehead atoms. The van der Waals surface area contributed by atoms with Crippen molar-refractivity contribution in [3.8, 4) is 0 Å². The van der Waals surface area contributed by atoms with Crippen molar-refractivity contribution >= 4 is 0 Å². The molecule has 2 rings (SSSR count). The summed E-state index contributed by atoms with van der Waals surface area (Å²) in [4.78, 5) is 0. The van der Waals surface area contributed by atoms with Gasteiger partial charge in [0.1, 0.15) is 0 Å². The van der Waals surface area contributed by atoms with Gasteiger partial charge in [0.2, 0.25) is 0 Å². The summed E-state index contributed by atoms with van der Waals surface area (Å²) in [5, 5.41) is 0. The van der Waals surface area contributed by atoms with E-state index in [1.807, 2.05) is 0 Å². The van der Waals surface area contributed by atoms with E-state index in [4.69, 9.17) is 5.73 Å². The molecule has 1 nitrogen and oxygen atoms in total. The van der Waals surface area contributed by atoms with Gasteiger partial charge in [0.25, 0.3) is 0 Å². The van der Waals surface area contributed by atoms with Crippen molar-refractivity contribution in [2.45, 2.75) is 71.8 Å². The van der Waals surface area contributed by atoms with Crippen LogP contribution in [-0.4, -0.2) is 5.54 Å². The number of benzene rings is 1. The molecule has 1 aromatic rings. The zero-order valence-electron chi connectivity index (χ0n) is 13.7. The summed E-state index contributed by atoms with van der Waals surface area (Å²) in [5.74, 6) is 0.824. The highest BCUT2D eigenvalue weighted by molar-refractivity contribution is 5.27. The summed E-state index contributed by atoms with van der Waals surface area (Å²) in [6.45, 7) is 9.33. The molecule has 2 unspecified atom stereocenters. The van der Waals surface area contributed by atoms with E-state index in [1.165, 1.54) is 43.2 Å². The van der Waals surface area contributed by atoms with Crippen molar-refractivity contribution in [2.24, 2.45) is 17.1 Å². The van der Waals surface area contributed by atoms with E-state index in [1.54, 1.807) is 0 Å². The fourth-order valence-corrected chi connectivity index (χ4v) is 3.66. The van der Waals surface area contributed by atoms with E-state index in [9.17, 15) is 0 Å². The number of aryl methyl sites for hydroxylation is 1. The van der Waals surface area contributed by atoms with Crippen LogP contribution in [0.3, 0.4) is 0 Å². The van der Waals surface area contributed by atoms with Crippen LogP contribution < -0.4 is 5.73 Å². The van der Waals surface area contributed by atoms with E-state index in [-0.39, 0.29) is 5.54 Å². The van der Waals surface area contributed by atoms with Gasteiger partial charge in [0.15, 0.2) is 0 Å². The first-order valence-electron chi connectivity index (χ1n) is 8.14. The highest BCUT2D eigenvalue weighted by Gasteiger charge is 2.33. The fraction of sp³-hybridized carbons (Fsp3) is 0.684. The maximum atomic E-state index is 6.77. The molecule has 1 aromatic carbocycles. The van der Waals surface area contributed by atoms with Crippen LogP contribution in [0, 0.1) is 18.3 Å². The second kappa shape index (κ2) is 5.89. The molecular weight excluding hydrogens is 242 g/mol. The van der Waals surface area contributed by atoms with Crippen molar-refractivity contribution in [3.05, 3.63) is 35.4 Å². The second-order valence-electron chi connectivity index (χ2n) is 7.96. The van der Waals surface area contributed by atoms with E-state index in [2.05, 4.69) is 52.0 Å². The monoisotopic (exact) mass is 273 g/mol. The fourth-order valence-electron chi connectivity index (χ4n) is 3.66. The molecule has 0 aromatic heterocycles. The lowest BCUT2D eigenvalue weighted by molar-refractivity contribution is 0.210. The van der Waals surface area contributed by atoms with Crippen LogP contribution in [0.2, 0.25) is 0 Å². The zero-order valence-corrected chi connectivity index (χ0v) is 13.7. The molecule has 2 N–H and O–H groups in total. The van der Waals surface area contributed by atoms with Gasteiger partial charge in [-0.3, -0.25) is 0 Å². The Morgan fingerprint density at radius 1 is 1.15 bits per heavy atom. The maximum absolute atomic E-state index is 6.77. The minimum atomic E-state index is 0.00606. The molecule has 0 aliphatic heterocycles. The van der Waals surface area contributed by atoms with Crippen molar-refractivity contribution in [3.63, 3.8) is 0 Å². The van der Waals surface area contributed by atoms with Gasteiger partial charge in [-0.15, -0.1) is 0 Å². The highest BCUT2D eigenvalue weighted by atomic mass is 14.7. The molecule has 20 heavy (non-hydrogen) atoms. The predicted molar refractivity (Wildman–Crippen MR) is 87.8 cm³/mol. The van der Waals surface area contributed by atoms with E-state index < -0.39 is 0 Å². The van der Waals surface area contributed by atoms with Crippen LogP contribution in [0.4, 0.5) is 0 Å². The lowest BCUT2D eigenvalue weighted by atomic mass is 9.76. The van der Waals surface area contributed by atoms with Crippen LogP contribution in [0.5, 0.6) is 0 Å². The molecule has 1 heteroatoms. The number of nitrogens with two attached hydrogens (primary N) is 1. The molecular formula is C19H31N. The maximum Gasteiger partial charge on any atom is 0.0195 e. The quantitative estimate of drug-likeness (QED) is 0.765. The van der Waals surface area contributed by atoms with E-state index in [0.29, 0.717) is 5.41 Å². The Balaban J connectivity index is 2.06. The molecule has 1 aliphatic carbocycles. The summed E-state index contributed by atoms with van der Waals surface area (Å²) in [7, 11) is 0. The molecule has 1 fully saturated rings. The Morgan fingerprint density at radius 3 is 2.50 bits per heavy atom. The van der Waals surface area contributed by atoms with Crippen molar-refractivity contribution in [2.75, 3.05) is 0 Å². The number of hydrogen-bond acceptors (Lipinski definition) is 1. The van der Waals surface area contributed by atoms with Gasteiger partial charge < -0.3 is 5.73 Å². The van der Waals surface area contributed by atoms with Crippen LogP contribution in [-0.2, 0) is 6.42 Å².